The maximum Gasteiger partial charge on any atom is 0.417 e. The third-order valence-electron chi connectivity index (χ3n) is 4.41. The van der Waals surface area contributed by atoms with Gasteiger partial charge in [-0.1, -0.05) is 29.8 Å². The van der Waals surface area contributed by atoms with Crippen LogP contribution in [0.25, 0.3) is 0 Å². The molecule has 1 aliphatic rings. The van der Waals surface area contributed by atoms with Crippen LogP contribution in [0.4, 0.5) is 13.2 Å². The molecule has 5 nitrogen and oxygen atoms in total. The molecule has 2 aromatic rings. The number of piperazine rings is 1. The van der Waals surface area contributed by atoms with Crippen LogP contribution in [0.2, 0.25) is 5.02 Å². The number of rotatable bonds is 3. The van der Waals surface area contributed by atoms with Crippen molar-refractivity contribution in [2.75, 3.05) is 26.2 Å². The number of carbonyl (C=O) groups excluding carboxylic acids is 1. The van der Waals surface area contributed by atoms with E-state index in [9.17, 15) is 26.4 Å². The van der Waals surface area contributed by atoms with Crippen LogP contribution < -0.4 is 0 Å². The third-order valence-corrected chi connectivity index (χ3v) is 6.60. The van der Waals surface area contributed by atoms with Gasteiger partial charge in [-0.15, -0.1) is 0 Å². The van der Waals surface area contributed by atoms with E-state index in [0.717, 1.165) is 16.4 Å². The smallest absolute Gasteiger partial charge is 0.336 e. The van der Waals surface area contributed by atoms with Crippen molar-refractivity contribution in [1.29, 1.82) is 0 Å². The summed E-state index contributed by atoms with van der Waals surface area (Å²) in [6.45, 7) is -0.0224. The molecule has 1 saturated heterocycles. The summed E-state index contributed by atoms with van der Waals surface area (Å²) in [5.74, 6) is -0.250. The Morgan fingerprint density at radius 2 is 1.57 bits per heavy atom. The highest BCUT2D eigenvalue weighted by Crippen LogP contribution is 2.37. The minimum atomic E-state index is -4.86. The first-order chi connectivity index (χ1) is 13.1. The maximum atomic E-state index is 13.3. The molecule has 0 atom stereocenters. The summed E-state index contributed by atoms with van der Waals surface area (Å²) in [4.78, 5) is 13.1. The first-order valence-corrected chi connectivity index (χ1v) is 10.1. The summed E-state index contributed by atoms with van der Waals surface area (Å²) in [6, 6.07) is 11.1. The zero-order chi connectivity index (χ0) is 20.5. The summed E-state index contributed by atoms with van der Waals surface area (Å²) in [5, 5.41) is -0.204. The number of nitrogens with zero attached hydrogens (tertiary/aromatic N) is 2. The molecule has 0 aliphatic carbocycles. The second kappa shape index (κ2) is 7.73. The summed E-state index contributed by atoms with van der Waals surface area (Å²) >= 11 is 5.62. The highest BCUT2D eigenvalue weighted by molar-refractivity contribution is 7.89. The molecule has 2 aromatic carbocycles. The molecule has 1 amide bonds. The standard InChI is InChI=1S/C18H16ClF3N2O3S/c19-14-6-7-16(15(12-14)18(20,21)22)28(26,27)24-10-8-23(9-11-24)17(25)13-4-2-1-3-5-13/h1-7,12H,8-11H2. The minimum Gasteiger partial charge on any atom is -0.336 e. The molecule has 0 N–H and O–H groups in total. The van der Waals surface area contributed by atoms with Crippen LogP contribution in [0.3, 0.4) is 0 Å². The van der Waals surface area contributed by atoms with Gasteiger partial charge in [-0.3, -0.25) is 4.79 Å². The van der Waals surface area contributed by atoms with Crippen molar-refractivity contribution < 1.29 is 26.4 Å². The normalized spacial score (nSPS) is 16.2. The zero-order valence-electron chi connectivity index (χ0n) is 14.5. The maximum absolute atomic E-state index is 13.3. The van der Waals surface area contributed by atoms with Gasteiger partial charge in [0.15, 0.2) is 0 Å². The molecular formula is C18H16ClF3N2O3S. The fourth-order valence-corrected chi connectivity index (χ4v) is 4.77. The molecule has 150 valence electrons. The van der Waals surface area contributed by atoms with Crippen LogP contribution >= 0.6 is 11.6 Å². The van der Waals surface area contributed by atoms with E-state index < -0.39 is 26.7 Å². The van der Waals surface area contributed by atoms with Crippen LogP contribution in [0.1, 0.15) is 15.9 Å². The summed E-state index contributed by atoms with van der Waals surface area (Å²) < 4.78 is 66.4. The Hall–Kier alpha value is -2.10. The Bertz CT molecular complexity index is 973. The van der Waals surface area contributed by atoms with Gasteiger partial charge >= 0.3 is 6.18 Å². The molecule has 10 heteroatoms. The van der Waals surface area contributed by atoms with E-state index in [0.29, 0.717) is 11.6 Å². The van der Waals surface area contributed by atoms with Gasteiger partial charge < -0.3 is 4.90 Å². The second-order valence-electron chi connectivity index (χ2n) is 6.20. The molecular weight excluding hydrogens is 417 g/mol. The fourth-order valence-electron chi connectivity index (χ4n) is 2.98. The van der Waals surface area contributed by atoms with Gasteiger partial charge in [0, 0.05) is 36.8 Å². The first-order valence-electron chi connectivity index (χ1n) is 8.32. The molecule has 1 fully saturated rings. The van der Waals surface area contributed by atoms with Crippen molar-refractivity contribution in [3.05, 3.63) is 64.7 Å². The van der Waals surface area contributed by atoms with Crippen LogP contribution in [0, 0.1) is 0 Å². The lowest BCUT2D eigenvalue weighted by Crippen LogP contribution is -2.50. The number of hydrogen-bond acceptors (Lipinski definition) is 3. The number of sulfonamides is 1. The molecule has 0 spiro atoms. The lowest BCUT2D eigenvalue weighted by Gasteiger charge is -2.34. The summed E-state index contributed by atoms with van der Waals surface area (Å²) in [5.41, 5.74) is -0.835. The number of carbonyl (C=O) groups is 1. The Labute approximate surface area is 165 Å². The van der Waals surface area contributed by atoms with Gasteiger partial charge in [0.2, 0.25) is 10.0 Å². The zero-order valence-corrected chi connectivity index (χ0v) is 16.1. The van der Waals surface area contributed by atoms with E-state index in [1.54, 1.807) is 30.3 Å². The molecule has 0 aromatic heterocycles. The monoisotopic (exact) mass is 432 g/mol. The van der Waals surface area contributed by atoms with Gasteiger partial charge in [-0.2, -0.15) is 17.5 Å². The van der Waals surface area contributed by atoms with E-state index in [1.807, 2.05) is 0 Å². The van der Waals surface area contributed by atoms with Crippen molar-refractivity contribution in [3.63, 3.8) is 0 Å². The topological polar surface area (TPSA) is 57.7 Å². The Balaban J connectivity index is 1.80. The van der Waals surface area contributed by atoms with E-state index in [2.05, 4.69) is 0 Å². The average Bonchev–Trinajstić information content (AvgIpc) is 2.67. The predicted octanol–water partition coefficient (Wildman–Crippen LogP) is 3.51. The molecule has 3 rings (SSSR count). The Morgan fingerprint density at radius 1 is 0.964 bits per heavy atom. The fraction of sp³-hybridized carbons (Fsp3) is 0.278. The van der Waals surface area contributed by atoms with E-state index >= 15 is 0 Å². The Kier molecular flexibility index (Phi) is 5.69. The number of alkyl halides is 3. The Morgan fingerprint density at radius 3 is 2.14 bits per heavy atom. The van der Waals surface area contributed by atoms with Gasteiger partial charge in [0.05, 0.1) is 10.5 Å². The van der Waals surface area contributed by atoms with Crippen LogP contribution in [0.15, 0.2) is 53.4 Å². The van der Waals surface area contributed by atoms with Gasteiger partial charge in [0.1, 0.15) is 0 Å². The van der Waals surface area contributed by atoms with E-state index in [1.165, 1.54) is 4.90 Å². The van der Waals surface area contributed by atoms with E-state index in [4.69, 9.17) is 11.6 Å². The van der Waals surface area contributed by atoms with Gasteiger partial charge in [0.25, 0.3) is 5.91 Å². The molecule has 0 radical (unpaired) electrons. The second-order valence-corrected chi connectivity index (χ2v) is 8.54. The average molecular weight is 433 g/mol. The molecule has 0 unspecified atom stereocenters. The quantitative estimate of drug-likeness (QED) is 0.745. The predicted molar refractivity (Wildman–Crippen MR) is 97.6 cm³/mol. The minimum absolute atomic E-state index is 0.0852. The van der Waals surface area contributed by atoms with Crippen LogP contribution in [-0.4, -0.2) is 49.7 Å². The molecule has 0 bridgehead atoms. The molecule has 1 aliphatic heterocycles. The van der Waals surface area contributed by atoms with Crippen molar-refractivity contribution in [2.24, 2.45) is 0 Å². The number of hydrogen-bond donors (Lipinski definition) is 0. The van der Waals surface area contributed by atoms with Gasteiger partial charge in [-0.05, 0) is 30.3 Å². The third kappa shape index (κ3) is 4.16. The highest BCUT2D eigenvalue weighted by Gasteiger charge is 2.40. The number of amides is 1. The lowest BCUT2D eigenvalue weighted by molar-refractivity contribution is -0.139. The SMILES string of the molecule is O=C(c1ccccc1)N1CCN(S(=O)(=O)c2ccc(Cl)cc2C(F)(F)F)CC1. The van der Waals surface area contributed by atoms with Crippen molar-refractivity contribution in [2.45, 2.75) is 11.1 Å². The van der Waals surface area contributed by atoms with Crippen molar-refractivity contribution >= 4 is 27.5 Å². The molecule has 1 heterocycles. The number of benzene rings is 2. The van der Waals surface area contributed by atoms with Gasteiger partial charge in [-0.25, -0.2) is 8.42 Å². The van der Waals surface area contributed by atoms with Crippen molar-refractivity contribution in [3.8, 4) is 0 Å². The number of halogens is 4. The van der Waals surface area contributed by atoms with E-state index in [-0.39, 0.29) is 37.1 Å². The van der Waals surface area contributed by atoms with Crippen LogP contribution in [-0.2, 0) is 16.2 Å². The van der Waals surface area contributed by atoms with Crippen LogP contribution in [0.5, 0.6) is 0 Å². The lowest BCUT2D eigenvalue weighted by atomic mass is 10.2. The molecule has 28 heavy (non-hydrogen) atoms. The first kappa shape index (κ1) is 20.6. The summed E-state index contributed by atoms with van der Waals surface area (Å²) in [7, 11) is -4.39. The highest BCUT2D eigenvalue weighted by atomic mass is 35.5. The molecule has 0 saturated carbocycles. The largest absolute Gasteiger partial charge is 0.417 e. The summed E-state index contributed by atoms with van der Waals surface area (Å²) in [6.07, 6.45) is -4.86. The van der Waals surface area contributed by atoms with Crippen molar-refractivity contribution in [1.82, 2.24) is 9.21 Å².